The van der Waals surface area contributed by atoms with Crippen molar-refractivity contribution in [2.75, 3.05) is 5.75 Å². The lowest BCUT2D eigenvalue weighted by Crippen LogP contribution is -2.14. The molecule has 0 heterocycles. The van der Waals surface area contributed by atoms with Gasteiger partial charge < -0.3 is 5.11 Å². The van der Waals surface area contributed by atoms with Crippen LogP contribution in [-0.2, 0) is 14.6 Å². The summed E-state index contributed by atoms with van der Waals surface area (Å²) in [5.41, 5.74) is 0.771. The van der Waals surface area contributed by atoms with E-state index in [1.807, 2.05) is 0 Å². The fourth-order valence-electron chi connectivity index (χ4n) is 2.30. The first-order chi connectivity index (χ1) is 8.38. The fourth-order valence-corrected chi connectivity index (χ4v) is 4.36. The van der Waals surface area contributed by atoms with Crippen LogP contribution in [0.25, 0.3) is 0 Å². The van der Waals surface area contributed by atoms with Crippen LogP contribution < -0.4 is 0 Å². The van der Waals surface area contributed by atoms with E-state index in [0.717, 1.165) is 10.0 Å². The molecule has 1 saturated carbocycles. The summed E-state index contributed by atoms with van der Waals surface area (Å²) in [6, 6.07) is 7.14. The van der Waals surface area contributed by atoms with Crippen molar-refractivity contribution in [2.45, 2.75) is 18.1 Å². The monoisotopic (exact) mass is 332 g/mol. The Bertz CT molecular complexity index is 564. The van der Waals surface area contributed by atoms with Crippen molar-refractivity contribution in [1.29, 1.82) is 0 Å². The largest absolute Gasteiger partial charge is 0.481 e. The Balaban J connectivity index is 2.33. The van der Waals surface area contributed by atoms with Gasteiger partial charge in [-0.1, -0.05) is 35.0 Å². The first-order valence-corrected chi connectivity index (χ1v) is 8.09. The van der Waals surface area contributed by atoms with Gasteiger partial charge in [0, 0.05) is 16.1 Å². The molecule has 1 aliphatic rings. The third-order valence-corrected chi connectivity index (χ3v) is 6.06. The number of benzene rings is 1. The zero-order valence-corrected chi connectivity index (χ0v) is 12.1. The third kappa shape index (κ3) is 2.31. The Morgan fingerprint density at radius 1 is 1.33 bits per heavy atom. The molecule has 0 spiro atoms. The first-order valence-electron chi connectivity index (χ1n) is 5.58. The minimum absolute atomic E-state index is 0.0194. The molecule has 3 atom stereocenters. The van der Waals surface area contributed by atoms with Gasteiger partial charge in [-0.2, -0.15) is 0 Å². The zero-order chi connectivity index (χ0) is 13.5. The van der Waals surface area contributed by atoms with E-state index in [9.17, 15) is 13.2 Å². The van der Waals surface area contributed by atoms with Crippen molar-refractivity contribution in [3.8, 4) is 0 Å². The molecule has 0 saturated heterocycles. The van der Waals surface area contributed by atoms with Crippen molar-refractivity contribution in [2.24, 2.45) is 5.92 Å². The van der Waals surface area contributed by atoms with E-state index in [1.54, 1.807) is 31.2 Å². The molecule has 4 nitrogen and oxygen atoms in total. The average molecular weight is 333 g/mol. The highest BCUT2D eigenvalue weighted by Gasteiger charge is 2.62. The highest BCUT2D eigenvalue weighted by atomic mass is 79.9. The summed E-state index contributed by atoms with van der Waals surface area (Å²) < 4.78 is 24.6. The molecule has 2 rings (SSSR count). The zero-order valence-electron chi connectivity index (χ0n) is 9.71. The highest BCUT2D eigenvalue weighted by molar-refractivity contribution is 9.10. The van der Waals surface area contributed by atoms with Crippen LogP contribution in [0.2, 0.25) is 0 Å². The van der Waals surface area contributed by atoms with Gasteiger partial charge in [0.2, 0.25) is 0 Å². The molecule has 0 unspecified atom stereocenters. The van der Waals surface area contributed by atoms with E-state index in [4.69, 9.17) is 5.11 Å². The molecule has 1 aromatic carbocycles. The molecule has 98 valence electrons. The predicted octanol–water partition coefficient (Wildman–Crippen LogP) is 2.05. The number of aliphatic carboxylic acids is 1. The molecule has 0 radical (unpaired) electrons. The van der Waals surface area contributed by atoms with E-state index >= 15 is 0 Å². The minimum Gasteiger partial charge on any atom is -0.481 e. The minimum atomic E-state index is -3.32. The van der Waals surface area contributed by atoms with Gasteiger partial charge in [0.05, 0.1) is 11.2 Å². The topological polar surface area (TPSA) is 71.4 Å². The standard InChI is InChI=1S/C12H13BrO4S/c1-2-18(16,17)11-9(10(11)12(14)15)7-3-5-8(13)6-4-7/h3-6,9-11H,2H2,1H3,(H,14,15)/t9-,10+,11+/m0/s1. The number of hydrogen-bond acceptors (Lipinski definition) is 3. The first kappa shape index (κ1) is 13.5. The summed E-state index contributed by atoms with van der Waals surface area (Å²) in [5.74, 6) is -2.28. The van der Waals surface area contributed by atoms with E-state index < -0.39 is 32.9 Å². The molecular formula is C12H13BrO4S. The second-order valence-corrected chi connectivity index (χ2v) is 7.72. The van der Waals surface area contributed by atoms with Crippen LogP contribution in [-0.4, -0.2) is 30.5 Å². The van der Waals surface area contributed by atoms with Gasteiger partial charge in [0.1, 0.15) is 0 Å². The van der Waals surface area contributed by atoms with E-state index in [-0.39, 0.29) is 5.75 Å². The molecule has 1 N–H and O–H groups in total. The van der Waals surface area contributed by atoms with Gasteiger partial charge in [-0.3, -0.25) is 4.79 Å². The predicted molar refractivity (Wildman–Crippen MR) is 71.3 cm³/mol. The number of carbonyl (C=O) groups is 1. The Kier molecular flexibility index (Phi) is 3.51. The second-order valence-electron chi connectivity index (χ2n) is 4.36. The number of carboxylic acids is 1. The molecule has 0 aliphatic heterocycles. The van der Waals surface area contributed by atoms with Crippen LogP contribution >= 0.6 is 15.9 Å². The van der Waals surface area contributed by atoms with Crippen molar-refractivity contribution in [3.05, 3.63) is 34.3 Å². The van der Waals surface area contributed by atoms with Gasteiger partial charge in [-0.05, 0) is 17.7 Å². The Morgan fingerprint density at radius 2 is 1.89 bits per heavy atom. The molecule has 1 fully saturated rings. The molecule has 6 heteroatoms. The Hall–Kier alpha value is -0.880. The maximum atomic E-state index is 11.9. The van der Waals surface area contributed by atoms with Crippen molar-refractivity contribution in [3.63, 3.8) is 0 Å². The van der Waals surface area contributed by atoms with Gasteiger partial charge in [-0.25, -0.2) is 8.42 Å². The van der Waals surface area contributed by atoms with E-state index in [0.29, 0.717) is 0 Å². The molecule has 0 amide bonds. The van der Waals surface area contributed by atoms with Crippen LogP contribution in [0.5, 0.6) is 0 Å². The average Bonchev–Trinajstić information content (AvgIpc) is 3.06. The van der Waals surface area contributed by atoms with Gasteiger partial charge in [0.25, 0.3) is 0 Å². The van der Waals surface area contributed by atoms with Crippen LogP contribution in [0.15, 0.2) is 28.7 Å². The quantitative estimate of drug-likeness (QED) is 0.915. The SMILES string of the molecule is CCS(=O)(=O)[C@H]1[C@H](C(=O)O)[C@@H]1c1ccc(Br)cc1. The number of hydrogen-bond donors (Lipinski definition) is 1. The summed E-state index contributed by atoms with van der Waals surface area (Å²) in [4.78, 5) is 11.1. The fraction of sp³-hybridized carbons (Fsp3) is 0.417. The van der Waals surface area contributed by atoms with Crippen LogP contribution in [0.3, 0.4) is 0 Å². The Labute approximate surface area is 114 Å². The third-order valence-electron chi connectivity index (χ3n) is 3.31. The number of carboxylic acid groups (broad SMARTS) is 1. The molecule has 1 aromatic rings. The lowest BCUT2D eigenvalue weighted by Gasteiger charge is -2.00. The van der Waals surface area contributed by atoms with Crippen molar-refractivity contribution >= 4 is 31.7 Å². The van der Waals surface area contributed by atoms with E-state index in [1.165, 1.54) is 0 Å². The molecule has 0 bridgehead atoms. The summed E-state index contributed by atoms with van der Waals surface area (Å²) in [7, 11) is -3.32. The smallest absolute Gasteiger partial charge is 0.308 e. The van der Waals surface area contributed by atoms with Crippen LogP contribution in [0, 0.1) is 5.92 Å². The van der Waals surface area contributed by atoms with Crippen molar-refractivity contribution in [1.82, 2.24) is 0 Å². The van der Waals surface area contributed by atoms with Gasteiger partial charge in [-0.15, -0.1) is 0 Å². The number of rotatable bonds is 4. The van der Waals surface area contributed by atoms with E-state index in [2.05, 4.69) is 15.9 Å². The highest BCUT2D eigenvalue weighted by Crippen LogP contribution is 2.52. The lowest BCUT2D eigenvalue weighted by atomic mass is 10.1. The Morgan fingerprint density at radius 3 is 2.33 bits per heavy atom. The lowest BCUT2D eigenvalue weighted by molar-refractivity contribution is -0.138. The van der Waals surface area contributed by atoms with Crippen molar-refractivity contribution < 1.29 is 18.3 Å². The maximum Gasteiger partial charge on any atom is 0.308 e. The molecule has 0 aromatic heterocycles. The van der Waals surface area contributed by atoms with Gasteiger partial charge >= 0.3 is 5.97 Å². The number of halogens is 1. The van der Waals surface area contributed by atoms with Crippen LogP contribution in [0.4, 0.5) is 0 Å². The normalized spacial score (nSPS) is 26.9. The molecule has 18 heavy (non-hydrogen) atoms. The molecule has 1 aliphatic carbocycles. The summed E-state index contributed by atoms with van der Waals surface area (Å²) >= 11 is 3.29. The van der Waals surface area contributed by atoms with Gasteiger partial charge in [0.15, 0.2) is 9.84 Å². The maximum absolute atomic E-state index is 11.9. The summed E-state index contributed by atoms with van der Waals surface area (Å²) in [6.45, 7) is 1.55. The number of sulfone groups is 1. The summed E-state index contributed by atoms with van der Waals surface area (Å²) in [5, 5.41) is 8.32. The second kappa shape index (κ2) is 4.66. The summed E-state index contributed by atoms with van der Waals surface area (Å²) in [6.07, 6.45) is 0. The van der Waals surface area contributed by atoms with Crippen LogP contribution in [0.1, 0.15) is 18.4 Å². The molecular weight excluding hydrogens is 320 g/mol.